The lowest BCUT2D eigenvalue weighted by molar-refractivity contribution is 0.0514. The minimum absolute atomic E-state index is 0.0205. The molecule has 0 spiro atoms. The largest absolute Gasteiger partial charge is 0.461 e. The van der Waals surface area contributed by atoms with E-state index in [1.807, 2.05) is 0 Å². The standard InChI is InChI=1S/C17H15F2NO3S/c1-3-22-17(21)14-12(15(23-20-14)9-4-5-9)16(24)10-6-7-11(18)13(19)8(10)2/h6-7,9H,3-5H2,1-2H3. The number of ether oxygens (including phenoxy) is 1. The zero-order valence-corrected chi connectivity index (χ0v) is 14.0. The number of rotatable bonds is 5. The van der Waals surface area contributed by atoms with E-state index >= 15 is 0 Å². The molecule has 0 radical (unpaired) electrons. The number of carbonyl (C=O) groups is 1. The van der Waals surface area contributed by atoms with E-state index < -0.39 is 17.6 Å². The van der Waals surface area contributed by atoms with Crippen LogP contribution in [-0.2, 0) is 4.74 Å². The molecule has 1 aromatic carbocycles. The number of hydrogen-bond donors (Lipinski definition) is 0. The van der Waals surface area contributed by atoms with Gasteiger partial charge in [-0.2, -0.15) is 0 Å². The average molecular weight is 351 g/mol. The summed E-state index contributed by atoms with van der Waals surface area (Å²) in [6.07, 6.45) is 1.81. The van der Waals surface area contributed by atoms with E-state index in [0.717, 1.165) is 18.9 Å². The Bertz CT molecular complexity index is 827. The fourth-order valence-electron chi connectivity index (χ4n) is 2.52. The first-order valence-electron chi connectivity index (χ1n) is 7.61. The van der Waals surface area contributed by atoms with Gasteiger partial charge < -0.3 is 9.26 Å². The van der Waals surface area contributed by atoms with Crippen molar-refractivity contribution in [3.05, 3.63) is 51.9 Å². The fraction of sp³-hybridized carbons (Fsp3) is 0.353. The molecule has 0 aliphatic heterocycles. The minimum atomic E-state index is -0.961. The summed E-state index contributed by atoms with van der Waals surface area (Å²) >= 11 is 5.46. The van der Waals surface area contributed by atoms with Crippen molar-refractivity contribution >= 4 is 23.1 Å². The summed E-state index contributed by atoms with van der Waals surface area (Å²) in [4.78, 5) is 12.3. The Kier molecular flexibility index (Phi) is 4.45. The molecule has 24 heavy (non-hydrogen) atoms. The Morgan fingerprint density at radius 1 is 1.42 bits per heavy atom. The predicted octanol–water partition coefficient (Wildman–Crippen LogP) is 4.08. The van der Waals surface area contributed by atoms with Crippen LogP contribution < -0.4 is 0 Å². The third kappa shape index (κ3) is 2.84. The van der Waals surface area contributed by atoms with Crippen molar-refractivity contribution in [1.29, 1.82) is 0 Å². The van der Waals surface area contributed by atoms with Crippen LogP contribution in [0.2, 0.25) is 0 Å². The fourth-order valence-corrected chi connectivity index (χ4v) is 2.94. The Balaban J connectivity index is 2.10. The first-order chi connectivity index (χ1) is 11.5. The molecule has 4 nitrogen and oxygen atoms in total. The molecule has 0 atom stereocenters. The number of halogens is 2. The van der Waals surface area contributed by atoms with E-state index in [4.69, 9.17) is 21.5 Å². The lowest BCUT2D eigenvalue weighted by Crippen LogP contribution is -2.14. The van der Waals surface area contributed by atoms with E-state index in [1.54, 1.807) is 6.92 Å². The Labute approximate surface area is 142 Å². The normalized spacial score (nSPS) is 13.8. The van der Waals surface area contributed by atoms with E-state index in [0.29, 0.717) is 16.9 Å². The minimum Gasteiger partial charge on any atom is -0.461 e. The summed E-state index contributed by atoms with van der Waals surface area (Å²) in [7, 11) is 0. The van der Waals surface area contributed by atoms with E-state index in [9.17, 15) is 13.6 Å². The van der Waals surface area contributed by atoms with Gasteiger partial charge in [0.2, 0.25) is 0 Å². The van der Waals surface area contributed by atoms with E-state index in [2.05, 4.69) is 5.16 Å². The van der Waals surface area contributed by atoms with Crippen LogP contribution in [0.5, 0.6) is 0 Å². The first kappa shape index (κ1) is 16.7. The summed E-state index contributed by atoms with van der Waals surface area (Å²) < 4.78 is 37.6. The van der Waals surface area contributed by atoms with Gasteiger partial charge in [-0.15, -0.1) is 0 Å². The summed E-state index contributed by atoms with van der Waals surface area (Å²) in [6, 6.07) is 2.41. The highest BCUT2D eigenvalue weighted by Gasteiger charge is 2.36. The van der Waals surface area contributed by atoms with Gasteiger partial charge in [-0.3, -0.25) is 0 Å². The van der Waals surface area contributed by atoms with Gasteiger partial charge in [0.1, 0.15) is 5.76 Å². The molecule has 2 aromatic rings. The molecule has 7 heteroatoms. The molecule has 1 aliphatic carbocycles. The van der Waals surface area contributed by atoms with Crippen LogP contribution in [0.4, 0.5) is 8.78 Å². The lowest BCUT2D eigenvalue weighted by Gasteiger charge is -2.10. The van der Waals surface area contributed by atoms with Gasteiger partial charge in [0.15, 0.2) is 17.3 Å². The van der Waals surface area contributed by atoms with E-state index in [-0.39, 0.29) is 28.6 Å². The average Bonchev–Trinajstić information content (AvgIpc) is 3.30. The molecule has 1 aliphatic rings. The Hall–Kier alpha value is -2.15. The highest BCUT2D eigenvalue weighted by atomic mass is 32.1. The predicted molar refractivity (Wildman–Crippen MR) is 86.3 cm³/mol. The van der Waals surface area contributed by atoms with Crippen LogP contribution in [0.3, 0.4) is 0 Å². The highest BCUT2D eigenvalue weighted by molar-refractivity contribution is 7.81. The maximum Gasteiger partial charge on any atom is 0.361 e. The number of carbonyl (C=O) groups excluding carboxylic acids is 1. The van der Waals surface area contributed by atoms with Crippen molar-refractivity contribution in [3.63, 3.8) is 0 Å². The Morgan fingerprint density at radius 2 is 2.12 bits per heavy atom. The van der Waals surface area contributed by atoms with Crippen molar-refractivity contribution in [3.8, 4) is 0 Å². The van der Waals surface area contributed by atoms with Crippen molar-refractivity contribution in [2.45, 2.75) is 32.6 Å². The van der Waals surface area contributed by atoms with Crippen molar-refractivity contribution in [1.82, 2.24) is 5.16 Å². The van der Waals surface area contributed by atoms with Crippen LogP contribution in [0, 0.1) is 18.6 Å². The number of esters is 1. The van der Waals surface area contributed by atoms with Crippen LogP contribution in [0.25, 0.3) is 0 Å². The number of nitrogens with zero attached hydrogens (tertiary/aromatic N) is 1. The summed E-state index contributed by atoms with van der Waals surface area (Å²) in [5.41, 5.74) is 0.741. The molecule has 1 heterocycles. The second kappa shape index (κ2) is 6.39. The topological polar surface area (TPSA) is 52.3 Å². The molecule has 126 valence electrons. The molecular formula is C17H15F2NO3S. The van der Waals surface area contributed by atoms with Crippen molar-refractivity contribution < 1.29 is 22.8 Å². The highest BCUT2D eigenvalue weighted by Crippen LogP contribution is 2.43. The Morgan fingerprint density at radius 3 is 2.75 bits per heavy atom. The quantitative estimate of drug-likeness (QED) is 0.461. The third-order valence-corrected chi connectivity index (χ3v) is 4.37. The zero-order valence-electron chi connectivity index (χ0n) is 13.2. The maximum atomic E-state index is 13.9. The second-order valence-electron chi connectivity index (χ2n) is 5.63. The van der Waals surface area contributed by atoms with E-state index in [1.165, 1.54) is 13.0 Å². The van der Waals surface area contributed by atoms with Crippen molar-refractivity contribution in [2.24, 2.45) is 0 Å². The molecule has 0 saturated heterocycles. The molecule has 3 rings (SSSR count). The summed E-state index contributed by atoms with van der Waals surface area (Å²) in [5.74, 6) is -1.91. The molecule has 0 bridgehead atoms. The number of thiocarbonyl (C=S) groups is 1. The maximum absolute atomic E-state index is 13.9. The molecule has 1 saturated carbocycles. The molecule has 0 unspecified atom stereocenters. The molecule has 1 aromatic heterocycles. The lowest BCUT2D eigenvalue weighted by atomic mass is 9.97. The van der Waals surface area contributed by atoms with Gasteiger partial charge in [-0.25, -0.2) is 13.6 Å². The van der Waals surface area contributed by atoms with Gasteiger partial charge in [0, 0.05) is 5.92 Å². The molecule has 0 amide bonds. The van der Waals surface area contributed by atoms with Gasteiger partial charge in [-0.05, 0) is 43.9 Å². The van der Waals surface area contributed by atoms with Crippen LogP contribution >= 0.6 is 12.2 Å². The SMILES string of the molecule is CCOC(=O)c1noc(C2CC2)c1C(=S)c1ccc(F)c(F)c1C. The second-order valence-corrected chi connectivity index (χ2v) is 6.04. The van der Waals surface area contributed by atoms with Crippen LogP contribution in [-0.4, -0.2) is 22.6 Å². The third-order valence-electron chi connectivity index (χ3n) is 3.95. The van der Waals surface area contributed by atoms with Crippen LogP contribution in [0.15, 0.2) is 16.7 Å². The summed E-state index contributed by atoms with van der Waals surface area (Å²) in [6.45, 7) is 3.30. The first-order valence-corrected chi connectivity index (χ1v) is 8.02. The van der Waals surface area contributed by atoms with Gasteiger partial charge in [0.05, 0.1) is 17.0 Å². The molecular weight excluding hydrogens is 336 g/mol. The summed E-state index contributed by atoms with van der Waals surface area (Å²) in [5, 5.41) is 3.81. The smallest absolute Gasteiger partial charge is 0.361 e. The number of aromatic nitrogens is 1. The van der Waals surface area contributed by atoms with Crippen LogP contribution in [0.1, 0.15) is 58.6 Å². The monoisotopic (exact) mass is 351 g/mol. The van der Waals surface area contributed by atoms with Gasteiger partial charge in [0.25, 0.3) is 0 Å². The molecule has 0 N–H and O–H groups in total. The zero-order chi connectivity index (χ0) is 17.4. The van der Waals surface area contributed by atoms with Gasteiger partial charge in [-0.1, -0.05) is 23.4 Å². The van der Waals surface area contributed by atoms with Crippen molar-refractivity contribution in [2.75, 3.05) is 6.61 Å². The number of hydrogen-bond acceptors (Lipinski definition) is 5. The van der Waals surface area contributed by atoms with Gasteiger partial charge >= 0.3 is 5.97 Å². The molecule has 1 fully saturated rings. The number of benzene rings is 1.